The lowest BCUT2D eigenvalue weighted by Crippen LogP contribution is -2.36. The third-order valence-corrected chi connectivity index (χ3v) is 4.07. The quantitative estimate of drug-likeness (QED) is 0.848. The van der Waals surface area contributed by atoms with Gasteiger partial charge in [0.25, 0.3) is 5.91 Å². The molecule has 5 nitrogen and oxygen atoms in total. The number of rotatable bonds is 3. The van der Waals surface area contributed by atoms with Gasteiger partial charge in [-0.25, -0.2) is 0 Å². The molecule has 1 aliphatic heterocycles. The maximum absolute atomic E-state index is 12.5. The van der Waals surface area contributed by atoms with Gasteiger partial charge in [-0.1, -0.05) is 23.7 Å². The Hall–Kier alpha value is -2.24. The second-order valence-corrected chi connectivity index (χ2v) is 5.72. The van der Waals surface area contributed by atoms with Gasteiger partial charge in [-0.3, -0.25) is 4.79 Å². The smallest absolute Gasteiger partial charge is 0.257 e. The van der Waals surface area contributed by atoms with Crippen LogP contribution in [0.5, 0.6) is 0 Å². The number of benzene rings is 2. The van der Waals surface area contributed by atoms with E-state index in [-0.39, 0.29) is 5.91 Å². The van der Waals surface area contributed by atoms with Gasteiger partial charge in [0.2, 0.25) is 0 Å². The highest BCUT2D eigenvalue weighted by atomic mass is 35.5. The van der Waals surface area contributed by atoms with E-state index in [9.17, 15) is 4.79 Å². The molecule has 3 rings (SSSR count). The minimum absolute atomic E-state index is 0.254. The third-order valence-electron chi connectivity index (χ3n) is 3.74. The molecule has 23 heavy (non-hydrogen) atoms. The molecule has 3 N–H and O–H groups in total. The first-order valence-electron chi connectivity index (χ1n) is 7.43. The molecule has 1 amide bonds. The zero-order chi connectivity index (χ0) is 16.2. The van der Waals surface area contributed by atoms with Crippen molar-refractivity contribution in [3.8, 4) is 0 Å². The molecule has 0 saturated carbocycles. The number of carbonyl (C=O) groups is 1. The summed E-state index contributed by atoms with van der Waals surface area (Å²) < 4.78 is 5.38. The molecular formula is C17H18ClN3O2. The van der Waals surface area contributed by atoms with Crippen molar-refractivity contribution >= 4 is 34.6 Å². The Morgan fingerprint density at radius 1 is 1.17 bits per heavy atom. The number of anilines is 3. The van der Waals surface area contributed by atoms with E-state index in [0.717, 1.165) is 18.8 Å². The molecule has 1 heterocycles. The van der Waals surface area contributed by atoms with Gasteiger partial charge in [-0.15, -0.1) is 0 Å². The topological polar surface area (TPSA) is 67.6 Å². The van der Waals surface area contributed by atoms with Crippen molar-refractivity contribution in [2.24, 2.45) is 0 Å². The molecule has 1 saturated heterocycles. The standard InChI is InChI=1S/C17H18ClN3O2/c18-14-4-2-1-3-13(14)17(22)20-15-11-12(19)5-6-16(15)21-7-9-23-10-8-21/h1-6,11H,7-10,19H2,(H,20,22). The molecule has 6 heteroatoms. The van der Waals surface area contributed by atoms with Crippen molar-refractivity contribution in [1.82, 2.24) is 0 Å². The van der Waals surface area contributed by atoms with Crippen LogP contribution in [0.15, 0.2) is 42.5 Å². The van der Waals surface area contributed by atoms with Crippen LogP contribution in [0.4, 0.5) is 17.1 Å². The largest absolute Gasteiger partial charge is 0.399 e. The lowest BCUT2D eigenvalue weighted by Gasteiger charge is -2.30. The van der Waals surface area contributed by atoms with Gasteiger partial charge in [-0.2, -0.15) is 0 Å². The van der Waals surface area contributed by atoms with E-state index in [1.54, 1.807) is 30.3 Å². The fourth-order valence-electron chi connectivity index (χ4n) is 2.57. The molecule has 0 aromatic heterocycles. The Morgan fingerprint density at radius 3 is 2.65 bits per heavy atom. The first-order valence-corrected chi connectivity index (χ1v) is 7.81. The summed E-state index contributed by atoms with van der Waals surface area (Å²) in [6, 6.07) is 12.5. The Kier molecular flexibility index (Phi) is 4.69. The van der Waals surface area contributed by atoms with Crippen LogP contribution in [0.1, 0.15) is 10.4 Å². The second-order valence-electron chi connectivity index (χ2n) is 5.31. The number of nitrogen functional groups attached to an aromatic ring is 1. The van der Waals surface area contributed by atoms with Gasteiger partial charge >= 0.3 is 0 Å². The average Bonchev–Trinajstić information content (AvgIpc) is 2.56. The Balaban J connectivity index is 1.88. The van der Waals surface area contributed by atoms with Crippen LogP contribution in [0, 0.1) is 0 Å². The predicted octanol–water partition coefficient (Wildman–Crippen LogP) is 3.01. The highest BCUT2D eigenvalue weighted by Crippen LogP contribution is 2.30. The number of halogens is 1. The van der Waals surface area contributed by atoms with Gasteiger partial charge in [0.1, 0.15) is 0 Å². The van der Waals surface area contributed by atoms with Crippen molar-refractivity contribution < 1.29 is 9.53 Å². The van der Waals surface area contributed by atoms with Crippen molar-refractivity contribution in [1.29, 1.82) is 0 Å². The molecule has 0 aliphatic carbocycles. The van der Waals surface area contributed by atoms with Gasteiger partial charge in [0.05, 0.1) is 35.2 Å². The molecule has 2 aromatic rings. The number of hydrogen-bond acceptors (Lipinski definition) is 4. The fraction of sp³-hybridized carbons (Fsp3) is 0.235. The van der Waals surface area contributed by atoms with Crippen LogP contribution < -0.4 is 16.0 Å². The summed E-state index contributed by atoms with van der Waals surface area (Å²) in [6.45, 7) is 2.89. The van der Waals surface area contributed by atoms with Gasteiger partial charge in [-0.05, 0) is 30.3 Å². The molecule has 0 unspecified atom stereocenters. The number of nitrogens with two attached hydrogens (primary N) is 1. The Labute approximate surface area is 140 Å². The van der Waals surface area contributed by atoms with Gasteiger partial charge in [0, 0.05) is 18.8 Å². The summed E-state index contributed by atoms with van der Waals surface area (Å²) in [7, 11) is 0. The summed E-state index contributed by atoms with van der Waals surface area (Å²) in [4.78, 5) is 14.7. The van der Waals surface area contributed by atoms with E-state index in [0.29, 0.717) is 35.2 Å². The summed E-state index contributed by atoms with van der Waals surface area (Å²) >= 11 is 6.09. The highest BCUT2D eigenvalue weighted by molar-refractivity contribution is 6.34. The SMILES string of the molecule is Nc1ccc(N2CCOCC2)c(NC(=O)c2ccccc2Cl)c1. The van der Waals surface area contributed by atoms with E-state index in [1.165, 1.54) is 0 Å². The van der Waals surface area contributed by atoms with Gasteiger partial charge in [0.15, 0.2) is 0 Å². The maximum atomic E-state index is 12.5. The predicted molar refractivity (Wildman–Crippen MR) is 93.3 cm³/mol. The number of amides is 1. The number of nitrogens with one attached hydrogen (secondary N) is 1. The van der Waals surface area contributed by atoms with E-state index < -0.39 is 0 Å². The van der Waals surface area contributed by atoms with Crippen molar-refractivity contribution in [3.05, 3.63) is 53.1 Å². The Morgan fingerprint density at radius 2 is 1.91 bits per heavy atom. The van der Waals surface area contributed by atoms with Crippen LogP contribution in [-0.4, -0.2) is 32.2 Å². The number of morpholine rings is 1. The van der Waals surface area contributed by atoms with Crippen molar-refractivity contribution in [2.45, 2.75) is 0 Å². The summed E-state index contributed by atoms with van der Waals surface area (Å²) in [5.41, 5.74) is 8.52. The third kappa shape index (κ3) is 3.57. The molecule has 0 radical (unpaired) electrons. The average molecular weight is 332 g/mol. The minimum atomic E-state index is -0.254. The molecule has 120 valence electrons. The minimum Gasteiger partial charge on any atom is -0.399 e. The van der Waals surface area contributed by atoms with E-state index in [2.05, 4.69) is 10.2 Å². The number of hydrogen-bond donors (Lipinski definition) is 2. The molecule has 1 fully saturated rings. The molecule has 0 spiro atoms. The zero-order valence-corrected chi connectivity index (χ0v) is 13.3. The lowest BCUT2D eigenvalue weighted by atomic mass is 10.1. The molecule has 1 aliphatic rings. The first-order chi connectivity index (χ1) is 11.1. The van der Waals surface area contributed by atoms with Crippen LogP contribution >= 0.6 is 11.6 Å². The number of carbonyl (C=O) groups excluding carboxylic acids is 1. The fourth-order valence-corrected chi connectivity index (χ4v) is 2.79. The molecule has 0 atom stereocenters. The lowest BCUT2D eigenvalue weighted by molar-refractivity contribution is 0.102. The van der Waals surface area contributed by atoms with E-state index in [4.69, 9.17) is 22.1 Å². The van der Waals surface area contributed by atoms with Crippen molar-refractivity contribution in [3.63, 3.8) is 0 Å². The monoisotopic (exact) mass is 331 g/mol. The van der Waals surface area contributed by atoms with Crippen LogP contribution in [0.2, 0.25) is 5.02 Å². The second kappa shape index (κ2) is 6.89. The van der Waals surface area contributed by atoms with Crippen LogP contribution in [0.25, 0.3) is 0 Å². The van der Waals surface area contributed by atoms with Crippen LogP contribution in [-0.2, 0) is 4.74 Å². The highest BCUT2D eigenvalue weighted by Gasteiger charge is 2.17. The first kappa shape index (κ1) is 15.6. The summed E-state index contributed by atoms with van der Waals surface area (Å²) in [5.74, 6) is -0.254. The summed E-state index contributed by atoms with van der Waals surface area (Å²) in [5, 5.41) is 3.34. The summed E-state index contributed by atoms with van der Waals surface area (Å²) in [6.07, 6.45) is 0. The number of ether oxygens (including phenoxy) is 1. The molecule has 2 aromatic carbocycles. The number of nitrogens with zero attached hydrogens (tertiary/aromatic N) is 1. The molecular weight excluding hydrogens is 314 g/mol. The normalized spacial score (nSPS) is 14.6. The van der Waals surface area contributed by atoms with E-state index in [1.807, 2.05) is 12.1 Å². The van der Waals surface area contributed by atoms with E-state index >= 15 is 0 Å². The molecule has 0 bridgehead atoms. The zero-order valence-electron chi connectivity index (χ0n) is 12.6. The Bertz CT molecular complexity index is 715. The van der Waals surface area contributed by atoms with Crippen molar-refractivity contribution in [2.75, 3.05) is 42.3 Å². The van der Waals surface area contributed by atoms with Gasteiger partial charge < -0.3 is 20.7 Å². The van der Waals surface area contributed by atoms with Crippen LogP contribution in [0.3, 0.4) is 0 Å². The maximum Gasteiger partial charge on any atom is 0.257 e.